The van der Waals surface area contributed by atoms with Gasteiger partial charge in [-0.05, 0) is 43.5 Å². The van der Waals surface area contributed by atoms with Crippen molar-refractivity contribution in [1.29, 1.82) is 0 Å². The number of pyridine rings is 1. The average molecular weight is 289 g/mol. The van der Waals surface area contributed by atoms with Crippen LogP contribution in [0.15, 0.2) is 24.3 Å². The third-order valence-electron chi connectivity index (χ3n) is 3.21. The molecule has 0 aromatic carbocycles. The molecular formula is C18H31N3. The smallest absolute Gasteiger partial charge is 0.129 e. The summed E-state index contributed by atoms with van der Waals surface area (Å²) in [6.07, 6.45) is 2.16. The van der Waals surface area contributed by atoms with Crippen LogP contribution in [0.4, 0.5) is 5.82 Å². The van der Waals surface area contributed by atoms with Crippen molar-refractivity contribution in [1.82, 2.24) is 10.3 Å². The van der Waals surface area contributed by atoms with Gasteiger partial charge in [0, 0.05) is 25.8 Å². The quantitative estimate of drug-likeness (QED) is 0.701. The summed E-state index contributed by atoms with van der Waals surface area (Å²) in [6, 6.07) is 4.42. The number of hydrogen-bond donors (Lipinski definition) is 1. The first-order valence-electron chi connectivity index (χ1n) is 7.98. The summed E-state index contributed by atoms with van der Waals surface area (Å²) in [6.45, 7) is 15.5. The topological polar surface area (TPSA) is 28.2 Å². The van der Waals surface area contributed by atoms with Crippen molar-refractivity contribution in [2.75, 3.05) is 25.0 Å². The van der Waals surface area contributed by atoms with E-state index in [1.807, 2.05) is 0 Å². The minimum atomic E-state index is 0.674. The van der Waals surface area contributed by atoms with Crippen LogP contribution in [0.5, 0.6) is 0 Å². The highest BCUT2D eigenvalue weighted by atomic mass is 15.2. The maximum Gasteiger partial charge on any atom is 0.129 e. The van der Waals surface area contributed by atoms with E-state index >= 15 is 0 Å². The molecule has 0 fully saturated rings. The number of anilines is 1. The van der Waals surface area contributed by atoms with Gasteiger partial charge in [-0.15, -0.1) is 0 Å². The van der Waals surface area contributed by atoms with E-state index in [9.17, 15) is 0 Å². The fraction of sp³-hybridized carbons (Fsp3) is 0.611. The monoisotopic (exact) mass is 289 g/mol. The van der Waals surface area contributed by atoms with E-state index in [4.69, 9.17) is 4.98 Å². The minimum absolute atomic E-state index is 0.674. The highest BCUT2D eigenvalue weighted by Crippen LogP contribution is 2.16. The van der Waals surface area contributed by atoms with Crippen LogP contribution < -0.4 is 10.2 Å². The third kappa shape index (κ3) is 6.76. The molecule has 0 saturated heterocycles. The van der Waals surface area contributed by atoms with Crippen LogP contribution in [-0.2, 0) is 13.0 Å². The molecule has 0 aliphatic rings. The van der Waals surface area contributed by atoms with Crippen molar-refractivity contribution in [2.45, 2.75) is 47.1 Å². The van der Waals surface area contributed by atoms with Crippen molar-refractivity contribution in [3.8, 4) is 0 Å². The minimum Gasteiger partial charge on any atom is -0.356 e. The lowest BCUT2D eigenvalue weighted by molar-refractivity contribution is 0.552. The number of hydrogen-bond acceptors (Lipinski definition) is 3. The number of aryl methyl sites for hydroxylation is 1. The molecule has 1 rings (SSSR count). The molecule has 118 valence electrons. The van der Waals surface area contributed by atoms with Gasteiger partial charge in [0.1, 0.15) is 5.82 Å². The summed E-state index contributed by atoms with van der Waals surface area (Å²) in [5.41, 5.74) is 3.65. The molecule has 0 saturated carbocycles. The summed E-state index contributed by atoms with van der Waals surface area (Å²) in [5.74, 6) is 1.72. The van der Waals surface area contributed by atoms with Crippen LogP contribution in [0.2, 0.25) is 0 Å². The van der Waals surface area contributed by atoms with Gasteiger partial charge in [-0.25, -0.2) is 4.98 Å². The predicted molar refractivity (Wildman–Crippen MR) is 92.9 cm³/mol. The first-order chi connectivity index (χ1) is 9.92. The zero-order valence-corrected chi connectivity index (χ0v) is 14.4. The van der Waals surface area contributed by atoms with Gasteiger partial charge in [0.2, 0.25) is 0 Å². The van der Waals surface area contributed by atoms with Gasteiger partial charge < -0.3 is 10.2 Å². The molecular weight excluding hydrogens is 258 g/mol. The molecule has 0 amide bonds. The number of nitrogens with one attached hydrogen (secondary N) is 1. The normalized spacial score (nSPS) is 11.0. The van der Waals surface area contributed by atoms with Crippen LogP contribution in [0, 0.1) is 5.92 Å². The van der Waals surface area contributed by atoms with Gasteiger partial charge in [0.05, 0.1) is 0 Å². The molecule has 0 unspecified atom stereocenters. The molecule has 0 atom stereocenters. The first-order valence-corrected chi connectivity index (χ1v) is 7.98. The van der Waals surface area contributed by atoms with Gasteiger partial charge >= 0.3 is 0 Å². The van der Waals surface area contributed by atoms with E-state index in [1.165, 1.54) is 11.3 Å². The van der Waals surface area contributed by atoms with Crippen molar-refractivity contribution in [2.24, 2.45) is 5.92 Å². The number of likely N-dealkylation sites (N-methyl/N-ethyl adjacent to an activating group) is 1. The molecule has 21 heavy (non-hydrogen) atoms. The van der Waals surface area contributed by atoms with Crippen LogP contribution in [-0.4, -0.2) is 25.1 Å². The molecule has 3 heteroatoms. The highest BCUT2D eigenvalue weighted by Gasteiger charge is 2.07. The molecule has 1 aromatic heterocycles. The summed E-state index contributed by atoms with van der Waals surface area (Å²) in [5, 5.41) is 3.51. The molecule has 1 aromatic rings. The molecule has 0 spiro atoms. The molecule has 0 radical (unpaired) electrons. The predicted octanol–water partition coefficient (Wildman–Crippen LogP) is 3.79. The lowest BCUT2D eigenvalue weighted by atomic mass is 10.1. The molecule has 1 heterocycles. The highest BCUT2D eigenvalue weighted by molar-refractivity contribution is 5.43. The number of rotatable bonds is 9. The van der Waals surface area contributed by atoms with Crippen LogP contribution >= 0.6 is 0 Å². The summed E-state index contributed by atoms with van der Waals surface area (Å²) in [7, 11) is 2.08. The lowest BCUT2D eigenvalue weighted by Gasteiger charge is -2.20. The Morgan fingerprint density at radius 2 is 2.10 bits per heavy atom. The summed E-state index contributed by atoms with van der Waals surface area (Å²) in [4.78, 5) is 6.95. The Balaban J connectivity index is 2.86. The van der Waals surface area contributed by atoms with Gasteiger partial charge in [-0.3, -0.25) is 0 Å². The first kappa shape index (κ1) is 17.7. The van der Waals surface area contributed by atoms with Gasteiger partial charge in [-0.2, -0.15) is 0 Å². The van der Waals surface area contributed by atoms with Crippen LogP contribution in [0.3, 0.4) is 0 Å². The van der Waals surface area contributed by atoms with Crippen molar-refractivity contribution >= 4 is 5.82 Å². The van der Waals surface area contributed by atoms with Crippen molar-refractivity contribution in [3.05, 3.63) is 35.5 Å². The second-order valence-corrected chi connectivity index (χ2v) is 6.41. The maximum atomic E-state index is 4.78. The van der Waals surface area contributed by atoms with E-state index in [-0.39, 0.29) is 0 Å². The lowest BCUT2D eigenvalue weighted by Crippen LogP contribution is -2.22. The fourth-order valence-corrected chi connectivity index (χ4v) is 2.31. The maximum absolute atomic E-state index is 4.78. The second-order valence-electron chi connectivity index (χ2n) is 6.41. The van der Waals surface area contributed by atoms with E-state index in [1.54, 1.807) is 0 Å². The van der Waals surface area contributed by atoms with Crippen LogP contribution in [0.1, 0.15) is 45.4 Å². The van der Waals surface area contributed by atoms with Crippen molar-refractivity contribution in [3.63, 3.8) is 0 Å². The molecule has 0 aliphatic carbocycles. The van der Waals surface area contributed by atoms with Gasteiger partial charge in [-0.1, -0.05) is 39.3 Å². The zero-order valence-electron chi connectivity index (χ0n) is 14.4. The van der Waals surface area contributed by atoms with E-state index in [0.717, 1.165) is 43.9 Å². The Morgan fingerprint density at radius 3 is 2.67 bits per heavy atom. The standard InChI is InChI=1S/C18H31N3/c1-7-8-17-9-16(12-19-11-14(2)3)10-18(20-17)21(6)13-15(4)5/h9-10,14,19H,4,7-8,11-13H2,1-3,5-6H3. The molecule has 0 bridgehead atoms. The molecule has 1 N–H and O–H groups in total. The Kier molecular flexibility index (Phi) is 7.44. The zero-order chi connectivity index (χ0) is 15.8. The van der Waals surface area contributed by atoms with Gasteiger partial charge in [0.15, 0.2) is 0 Å². The SMILES string of the molecule is C=C(C)CN(C)c1cc(CNCC(C)C)cc(CCC)n1. The Morgan fingerprint density at radius 1 is 1.38 bits per heavy atom. The molecule has 3 nitrogen and oxygen atoms in total. The second kappa shape index (κ2) is 8.83. The summed E-state index contributed by atoms with van der Waals surface area (Å²) >= 11 is 0. The van der Waals surface area contributed by atoms with E-state index in [0.29, 0.717) is 5.92 Å². The van der Waals surface area contributed by atoms with Crippen LogP contribution in [0.25, 0.3) is 0 Å². The average Bonchev–Trinajstić information content (AvgIpc) is 2.37. The Labute approximate surface area is 130 Å². The Hall–Kier alpha value is -1.35. The largest absolute Gasteiger partial charge is 0.356 e. The van der Waals surface area contributed by atoms with Gasteiger partial charge in [0.25, 0.3) is 0 Å². The third-order valence-corrected chi connectivity index (χ3v) is 3.21. The molecule has 0 aliphatic heterocycles. The van der Waals surface area contributed by atoms with E-state index in [2.05, 4.69) is 63.7 Å². The van der Waals surface area contributed by atoms with Crippen molar-refractivity contribution < 1.29 is 0 Å². The Bertz CT molecular complexity index is 452. The summed E-state index contributed by atoms with van der Waals surface area (Å²) < 4.78 is 0. The number of aromatic nitrogens is 1. The number of nitrogens with zero attached hydrogens (tertiary/aromatic N) is 2. The van der Waals surface area contributed by atoms with E-state index < -0.39 is 0 Å². The fourth-order valence-electron chi connectivity index (χ4n) is 2.31.